The minimum atomic E-state index is 0.146. The zero-order chi connectivity index (χ0) is 11.4. The molecule has 0 aromatic carbocycles. The van der Waals surface area contributed by atoms with Gasteiger partial charge in [-0.25, -0.2) is 0 Å². The second-order valence-electron chi connectivity index (χ2n) is 4.25. The summed E-state index contributed by atoms with van der Waals surface area (Å²) in [6.07, 6.45) is 1.14. The Balaban J connectivity index is 1.92. The van der Waals surface area contributed by atoms with Crippen molar-refractivity contribution in [3.05, 3.63) is 22.4 Å². The molecule has 16 heavy (non-hydrogen) atoms. The topological polar surface area (TPSA) is 38.5 Å². The van der Waals surface area contributed by atoms with Crippen LogP contribution >= 0.6 is 11.3 Å². The molecule has 3 nitrogen and oxygen atoms in total. The second-order valence-corrected chi connectivity index (χ2v) is 5.23. The number of hydrogen-bond acceptors (Lipinski definition) is 4. The summed E-state index contributed by atoms with van der Waals surface area (Å²) < 4.78 is 5.50. The number of rotatable bonds is 4. The van der Waals surface area contributed by atoms with Crippen LogP contribution in [0.5, 0.6) is 0 Å². The van der Waals surface area contributed by atoms with E-state index in [1.54, 1.807) is 11.3 Å². The van der Waals surface area contributed by atoms with Crippen molar-refractivity contribution >= 4 is 11.3 Å². The third-order valence-electron chi connectivity index (χ3n) is 3.16. The van der Waals surface area contributed by atoms with Crippen molar-refractivity contribution in [2.24, 2.45) is 5.73 Å². The monoisotopic (exact) mass is 240 g/mol. The fraction of sp³-hybridized carbons (Fsp3) is 0.667. The molecule has 1 aromatic rings. The number of hydrogen-bond donors (Lipinski definition) is 1. The van der Waals surface area contributed by atoms with Gasteiger partial charge in [0.25, 0.3) is 0 Å². The Morgan fingerprint density at radius 3 is 3.25 bits per heavy atom. The average molecular weight is 240 g/mol. The molecule has 2 N–H and O–H groups in total. The lowest BCUT2D eigenvalue weighted by molar-refractivity contribution is -0.0109. The molecule has 0 bridgehead atoms. The molecule has 2 rings (SSSR count). The van der Waals surface area contributed by atoms with Crippen LogP contribution in [0.25, 0.3) is 0 Å². The highest BCUT2D eigenvalue weighted by molar-refractivity contribution is 7.10. The van der Waals surface area contributed by atoms with Crippen molar-refractivity contribution in [3.8, 4) is 0 Å². The van der Waals surface area contributed by atoms with Crippen LogP contribution in [0, 0.1) is 0 Å². The summed E-state index contributed by atoms with van der Waals surface area (Å²) in [7, 11) is 0. The summed E-state index contributed by atoms with van der Waals surface area (Å²) in [6, 6.07) is 4.87. The standard InChI is InChI=1S/C12H20N2OS/c1-2-10-9-15-6-5-14(10)8-11(13)12-4-3-7-16-12/h3-4,7,10-11H,2,5-6,8-9,13H2,1H3. The Bertz CT molecular complexity index is 302. The van der Waals surface area contributed by atoms with Crippen molar-refractivity contribution in [1.29, 1.82) is 0 Å². The summed E-state index contributed by atoms with van der Waals surface area (Å²) in [5.41, 5.74) is 6.22. The normalized spacial score (nSPS) is 24.5. The molecule has 2 unspecified atom stereocenters. The van der Waals surface area contributed by atoms with E-state index < -0.39 is 0 Å². The fourth-order valence-corrected chi connectivity index (χ4v) is 2.87. The van der Waals surface area contributed by atoms with Gasteiger partial charge in [0, 0.05) is 24.0 Å². The first kappa shape index (κ1) is 12.0. The largest absolute Gasteiger partial charge is 0.378 e. The molecule has 0 radical (unpaired) electrons. The molecule has 90 valence electrons. The summed E-state index contributed by atoms with van der Waals surface area (Å²) in [5.74, 6) is 0. The summed E-state index contributed by atoms with van der Waals surface area (Å²) >= 11 is 1.75. The number of ether oxygens (including phenoxy) is 1. The van der Waals surface area contributed by atoms with E-state index in [1.807, 2.05) is 0 Å². The Labute approximate surface area is 101 Å². The molecule has 0 spiro atoms. The van der Waals surface area contributed by atoms with E-state index in [0.717, 1.165) is 32.7 Å². The molecule has 1 saturated heterocycles. The molecular formula is C12H20N2OS. The first-order valence-electron chi connectivity index (χ1n) is 5.92. The maximum Gasteiger partial charge on any atom is 0.0622 e. The van der Waals surface area contributed by atoms with E-state index in [0.29, 0.717) is 6.04 Å². The predicted octanol–water partition coefficient (Wildman–Crippen LogP) is 1.86. The summed E-state index contributed by atoms with van der Waals surface area (Å²) in [5, 5.41) is 2.09. The predicted molar refractivity (Wildman–Crippen MR) is 67.7 cm³/mol. The van der Waals surface area contributed by atoms with Crippen LogP contribution in [0.1, 0.15) is 24.3 Å². The lowest BCUT2D eigenvalue weighted by atomic mass is 10.1. The van der Waals surface area contributed by atoms with E-state index in [-0.39, 0.29) is 6.04 Å². The molecule has 2 heterocycles. The third kappa shape index (κ3) is 2.83. The van der Waals surface area contributed by atoms with Crippen molar-refractivity contribution in [3.63, 3.8) is 0 Å². The van der Waals surface area contributed by atoms with Crippen LogP contribution in [-0.4, -0.2) is 37.2 Å². The molecule has 1 aliphatic rings. The molecule has 2 atom stereocenters. The van der Waals surface area contributed by atoms with Gasteiger partial charge in [0.1, 0.15) is 0 Å². The van der Waals surface area contributed by atoms with Gasteiger partial charge in [-0.1, -0.05) is 13.0 Å². The number of nitrogens with two attached hydrogens (primary N) is 1. The van der Waals surface area contributed by atoms with Gasteiger partial charge in [-0.3, -0.25) is 4.90 Å². The number of nitrogens with zero attached hydrogens (tertiary/aromatic N) is 1. The third-order valence-corrected chi connectivity index (χ3v) is 4.16. The van der Waals surface area contributed by atoms with Gasteiger partial charge in [0.2, 0.25) is 0 Å². The highest BCUT2D eigenvalue weighted by Gasteiger charge is 2.23. The van der Waals surface area contributed by atoms with E-state index in [2.05, 4.69) is 29.3 Å². The van der Waals surface area contributed by atoms with Gasteiger partial charge in [-0.15, -0.1) is 11.3 Å². The van der Waals surface area contributed by atoms with Crippen LogP contribution < -0.4 is 5.73 Å². The zero-order valence-electron chi connectivity index (χ0n) is 9.76. The summed E-state index contributed by atoms with van der Waals surface area (Å²) in [4.78, 5) is 3.75. The maximum atomic E-state index is 6.22. The van der Waals surface area contributed by atoms with Gasteiger partial charge in [-0.2, -0.15) is 0 Å². The molecule has 1 aromatic heterocycles. The lowest BCUT2D eigenvalue weighted by Gasteiger charge is -2.36. The van der Waals surface area contributed by atoms with Gasteiger partial charge in [0.15, 0.2) is 0 Å². The Morgan fingerprint density at radius 1 is 1.69 bits per heavy atom. The maximum absolute atomic E-state index is 6.22. The van der Waals surface area contributed by atoms with E-state index >= 15 is 0 Å². The highest BCUT2D eigenvalue weighted by atomic mass is 32.1. The molecular weight excluding hydrogens is 220 g/mol. The van der Waals surface area contributed by atoms with Crippen molar-refractivity contribution in [2.75, 3.05) is 26.3 Å². The SMILES string of the molecule is CCC1COCCN1CC(N)c1cccs1. The molecule has 1 aliphatic heterocycles. The van der Waals surface area contributed by atoms with Gasteiger partial charge >= 0.3 is 0 Å². The van der Waals surface area contributed by atoms with E-state index in [4.69, 9.17) is 10.5 Å². The number of morpholine rings is 1. The van der Waals surface area contributed by atoms with Crippen molar-refractivity contribution in [1.82, 2.24) is 4.90 Å². The molecule has 0 aliphatic carbocycles. The van der Waals surface area contributed by atoms with Crippen LogP contribution in [-0.2, 0) is 4.74 Å². The summed E-state index contributed by atoms with van der Waals surface area (Å²) in [6.45, 7) is 5.87. The fourth-order valence-electron chi connectivity index (χ4n) is 2.15. The molecule has 4 heteroatoms. The molecule has 0 saturated carbocycles. The zero-order valence-corrected chi connectivity index (χ0v) is 10.6. The van der Waals surface area contributed by atoms with Crippen molar-refractivity contribution in [2.45, 2.75) is 25.4 Å². The minimum absolute atomic E-state index is 0.146. The van der Waals surface area contributed by atoms with Crippen LogP contribution in [0.2, 0.25) is 0 Å². The quantitative estimate of drug-likeness (QED) is 0.873. The van der Waals surface area contributed by atoms with Crippen LogP contribution in [0.3, 0.4) is 0 Å². The minimum Gasteiger partial charge on any atom is -0.378 e. The molecule has 0 amide bonds. The van der Waals surface area contributed by atoms with Crippen LogP contribution in [0.4, 0.5) is 0 Å². The highest BCUT2D eigenvalue weighted by Crippen LogP contribution is 2.20. The molecule has 1 fully saturated rings. The Morgan fingerprint density at radius 2 is 2.56 bits per heavy atom. The van der Waals surface area contributed by atoms with Crippen molar-refractivity contribution < 1.29 is 4.74 Å². The Kier molecular flexibility index (Phi) is 4.35. The van der Waals surface area contributed by atoms with Crippen LogP contribution in [0.15, 0.2) is 17.5 Å². The van der Waals surface area contributed by atoms with Gasteiger partial charge < -0.3 is 10.5 Å². The average Bonchev–Trinajstić information content (AvgIpc) is 2.83. The first-order chi connectivity index (χ1) is 7.81. The lowest BCUT2D eigenvalue weighted by Crippen LogP contribution is -2.47. The van der Waals surface area contributed by atoms with Gasteiger partial charge in [-0.05, 0) is 17.9 Å². The number of thiophene rings is 1. The van der Waals surface area contributed by atoms with E-state index in [9.17, 15) is 0 Å². The first-order valence-corrected chi connectivity index (χ1v) is 6.80. The smallest absolute Gasteiger partial charge is 0.0622 e. The van der Waals surface area contributed by atoms with Gasteiger partial charge in [0.05, 0.1) is 19.3 Å². The van der Waals surface area contributed by atoms with E-state index in [1.165, 1.54) is 4.88 Å². The Hall–Kier alpha value is -0.420. The second kappa shape index (κ2) is 5.77.